The molecule has 0 heterocycles. The number of amides is 1. The Kier molecular flexibility index (Phi) is 4.29. The predicted molar refractivity (Wildman–Crippen MR) is 81.9 cm³/mol. The molecule has 21 heavy (non-hydrogen) atoms. The monoisotopic (exact) mass is 303 g/mol. The number of rotatable bonds is 3. The number of halogens is 1. The van der Waals surface area contributed by atoms with Gasteiger partial charge in [-0.3, -0.25) is 4.79 Å². The Morgan fingerprint density at radius 1 is 1.00 bits per heavy atom. The molecule has 108 valence electrons. The highest BCUT2D eigenvalue weighted by Gasteiger charge is 2.11. The van der Waals surface area contributed by atoms with Crippen molar-refractivity contribution in [2.75, 3.05) is 14.1 Å². The van der Waals surface area contributed by atoms with Gasteiger partial charge < -0.3 is 10.0 Å². The first-order valence-electron chi connectivity index (χ1n) is 6.25. The van der Waals surface area contributed by atoms with Gasteiger partial charge in [-0.2, -0.15) is 0 Å². The van der Waals surface area contributed by atoms with Crippen LogP contribution in [-0.2, 0) is 0 Å². The zero-order chi connectivity index (χ0) is 15.6. The SMILES string of the molecule is CN(C)C(=O)c1ccc(-c2cc(C(=O)O)ccc2Cl)cc1. The molecular formula is C16H14ClNO3. The third-order valence-electron chi connectivity index (χ3n) is 3.06. The highest BCUT2D eigenvalue weighted by Crippen LogP contribution is 2.29. The zero-order valence-electron chi connectivity index (χ0n) is 11.6. The van der Waals surface area contributed by atoms with Crippen molar-refractivity contribution in [3.63, 3.8) is 0 Å². The topological polar surface area (TPSA) is 57.6 Å². The van der Waals surface area contributed by atoms with Crippen LogP contribution in [0.3, 0.4) is 0 Å². The van der Waals surface area contributed by atoms with Crippen LogP contribution in [0.1, 0.15) is 20.7 Å². The minimum absolute atomic E-state index is 0.0908. The van der Waals surface area contributed by atoms with Crippen LogP contribution in [0.5, 0.6) is 0 Å². The molecule has 2 rings (SSSR count). The van der Waals surface area contributed by atoms with Crippen LogP contribution < -0.4 is 0 Å². The number of carbonyl (C=O) groups is 2. The smallest absolute Gasteiger partial charge is 0.335 e. The normalized spacial score (nSPS) is 10.2. The van der Waals surface area contributed by atoms with Gasteiger partial charge in [0.1, 0.15) is 0 Å². The highest BCUT2D eigenvalue weighted by molar-refractivity contribution is 6.33. The first-order valence-corrected chi connectivity index (χ1v) is 6.63. The number of carboxylic acid groups (broad SMARTS) is 1. The fourth-order valence-electron chi connectivity index (χ4n) is 1.93. The molecule has 0 aliphatic rings. The molecule has 2 aromatic rings. The maximum Gasteiger partial charge on any atom is 0.335 e. The number of carbonyl (C=O) groups excluding carboxylic acids is 1. The summed E-state index contributed by atoms with van der Waals surface area (Å²) in [4.78, 5) is 24.3. The lowest BCUT2D eigenvalue weighted by Crippen LogP contribution is -2.21. The largest absolute Gasteiger partial charge is 0.478 e. The van der Waals surface area contributed by atoms with Crippen molar-refractivity contribution in [3.05, 3.63) is 58.6 Å². The van der Waals surface area contributed by atoms with Crippen molar-refractivity contribution < 1.29 is 14.7 Å². The van der Waals surface area contributed by atoms with Crippen LogP contribution in [0.2, 0.25) is 5.02 Å². The van der Waals surface area contributed by atoms with Gasteiger partial charge in [-0.05, 0) is 35.9 Å². The van der Waals surface area contributed by atoms with Gasteiger partial charge in [-0.1, -0.05) is 23.7 Å². The Balaban J connectivity index is 2.41. The molecule has 0 aliphatic heterocycles. The highest BCUT2D eigenvalue weighted by atomic mass is 35.5. The van der Waals surface area contributed by atoms with Crippen LogP contribution in [0.25, 0.3) is 11.1 Å². The van der Waals surface area contributed by atoms with Gasteiger partial charge >= 0.3 is 5.97 Å². The first-order chi connectivity index (χ1) is 9.90. The van der Waals surface area contributed by atoms with E-state index in [1.54, 1.807) is 44.4 Å². The second kappa shape index (κ2) is 5.97. The lowest BCUT2D eigenvalue weighted by atomic mass is 10.0. The van der Waals surface area contributed by atoms with E-state index in [9.17, 15) is 9.59 Å². The summed E-state index contributed by atoms with van der Waals surface area (Å²) in [7, 11) is 3.37. The van der Waals surface area contributed by atoms with Crippen molar-refractivity contribution in [1.29, 1.82) is 0 Å². The van der Waals surface area contributed by atoms with Crippen molar-refractivity contribution in [1.82, 2.24) is 4.90 Å². The van der Waals surface area contributed by atoms with Crippen molar-refractivity contribution in [2.24, 2.45) is 0 Å². The molecule has 0 unspecified atom stereocenters. The molecule has 0 saturated carbocycles. The lowest BCUT2D eigenvalue weighted by Gasteiger charge is -2.11. The summed E-state index contributed by atoms with van der Waals surface area (Å²) in [6.07, 6.45) is 0. The maximum absolute atomic E-state index is 11.8. The van der Waals surface area contributed by atoms with Crippen molar-refractivity contribution in [2.45, 2.75) is 0 Å². The lowest BCUT2D eigenvalue weighted by molar-refractivity contribution is 0.0696. The summed E-state index contributed by atoms with van der Waals surface area (Å²) in [5.41, 5.74) is 2.12. The molecule has 1 amide bonds. The van der Waals surface area contributed by atoms with E-state index in [0.717, 1.165) is 5.56 Å². The molecule has 0 spiro atoms. The summed E-state index contributed by atoms with van der Waals surface area (Å²) in [6.45, 7) is 0. The molecule has 0 fully saturated rings. The summed E-state index contributed by atoms with van der Waals surface area (Å²) in [5.74, 6) is -1.10. The fourth-order valence-corrected chi connectivity index (χ4v) is 2.16. The molecule has 1 N–H and O–H groups in total. The van der Waals surface area contributed by atoms with Gasteiger partial charge in [0.2, 0.25) is 0 Å². The van der Waals surface area contributed by atoms with Crippen molar-refractivity contribution >= 4 is 23.5 Å². The van der Waals surface area contributed by atoms with E-state index in [1.807, 2.05) is 0 Å². The number of hydrogen-bond acceptors (Lipinski definition) is 2. The standard InChI is InChI=1S/C16H14ClNO3/c1-18(2)15(19)11-5-3-10(4-6-11)13-9-12(16(20)21)7-8-14(13)17/h3-9H,1-2H3,(H,20,21). The molecular weight excluding hydrogens is 290 g/mol. The van der Waals surface area contributed by atoms with Crippen LogP contribution in [-0.4, -0.2) is 36.0 Å². The number of nitrogens with zero attached hydrogens (tertiary/aromatic N) is 1. The zero-order valence-corrected chi connectivity index (χ0v) is 12.4. The molecule has 0 aliphatic carbocycles. The Hall–Kier alpha value is -2.33. The van der Waals surface area contributed by atoms with Gasteiger partial charge in [0.15, 0.2) is 0 Å². The van der Waals surface area contributed by atoms with Crippen LogP contribution in [0.15, 0.2) is 42.5 Å². The van der Waals surface area contributed by atoms with E-state index in [1.165, 1.54) is 17.0 Å². The van der Waals surface area contributed by atoms with Gasteiger partial charge in [0, 0.05) is 30.2 Å². The fraction of sp³-hybridized carbons (Fsp3) is 0.125. The Morgan fingerprint density at radius 3 is 2.10 bits per heavy atom. The molecule has 5 heteroatoms. The van der Waals surface area contributed by atoms with Crippen molar-refractivity contribution in [3.8, 4) is 11.1 Å². The minimum Gasteiger partial charge on any atom is -0.478 e. The van der Waals surface area contributed by atoms with Crippen LogP contribution >= 0.6 is 11.6 Å². The van der Waals surface area contributed by atoms with Crippen LogP contribution in [0, 0.1) is 0 Å². The van der Waals surface area contributed by atoms with Gasteiger partial charge in [0.25, 0.3) is 5.91 Å². The molecule has 0 bridgehead atoms. The first kappa shape index (κ1) is 15.1. The average molecular weight is 304 g/mol. The van der Waals surface area contributed by atoms with E-state index < -0.39 is 5.97 Å². The Bertz CT molecular complexity index is 693. The maximum atomic E-state index is 11.8. The average Bonchev–Trinajstić information content (AvgIpc) is 2.47. The van der Waals surface area contributed by atoms with Gasteiger partial charge in [0.05, 0.1) is 5.56 Å². The Labute approximate surface area is 127 Å². The van der Waals surface area contributed by atoms with Gasteiger partial charge in [-0.25, -0.2) is 4.79 Å². The van der Waals surface area contributed by atoms with Crippen LogP contribution in [0.4, 0.5) is 0 Å². The van der Waals surface area contributed by atoms with E-state index in [4.69, 9.17) is 16.7 Å². The van der Waals surface area contributed by atoms with E-state index in [2.05, 4.69) is 0 Å². The molecule has 0 atom stereocenters. The predicted octanol–water partition coefficient (Wildman–Crippen LogP) is 3.41. The molecule has 4 nitrogen and oxygen atoms in total. The second-order valence-corrected chi connectivity index (χ2v) is 5.18. The number of hydrogen-bond donors (Lipinski definition) is 1. The summed E-state index contributed by atoms with van der Waals surface area (Å²) in [6, 6.07) is 11.4. The minimum atomic E-state index is -1.01. The van der Waals surface area contributed by atoms with E-state index in [0.29, 0.717) is 16.1 Å². The molecule has 2 aromatic carbocycles. The number of benzene rings is 2. The summed E-state index contributed by atoms with van der Waals surface area (Å²) < 4.78 is 0. The third kappa shape index (κ3) is 3.23. The second-order valence-electron chi connectivity index (χ2n) is 4.78. The van der Waals surface area contributed by atoms with E-state index >= 15 is 0 Å². The van der Waals surface area contributed by atoms with E-state index in [-0.39, 0.29) is 11.5 Å². The molecule has 0 saturated heterocycles. The van der Waals surface area contributed by atoms with Gasteiger partial charge in [-0.15, -0.1) is 0 Å². The Morgan fingerprint density at radius 2 is 1.57 bits per heavy atom. The third-order valence-corrected chi connectivity index (χ3v) is 3.39. The molecule has 0 radical (unpaired) electrons. The number of carboxylic acids is 1. The quantitative estimate of drug-likeness (QED) is 0.945. The summed E-state index contributed by atoms with van der Waals surface area (Å²) >= 11 is 6.12. The molecule has 0 aromatic heterocycles. The number of aromatic carboxylic acids is 1. The summed E-state index contributed by atoms with van der Waals surface area (Å²) in [5, 5.41) is 9.50.